The molecule has 2 bridgehead atoms. The zero-order chi connectivity index (χ0) is 16.8. The molecule has 0 radical (unpaired) electrons. The van der Waals surface area contributed by atoms with Crippen LogP contribution in [-0.2, 0) is 5.60 Å². The molecule has 138 valence electrons. The molecule has 2 unspecified atom stereocenters. The van der Waals surface area contributed by atoms with Crippen molar-refractivity contribution >= 4 is 22.7 Å². The number of rotatable bonds is 4. The summed E-state index contributed by atoms with van der Waals surface area (Å²) in [5.41, 5.74) is 1.35. The summed E-state index contributed by atoms with van der Waals surface area (Å²) in [5, 5.41) is 20.1. The predicted molar refractivity (Wildman–Crippen MR) is 103 cm³/mol. The molecule has 2 fully saturated rings. The standard InChI is InChI=1S/C20H28NOS2.BrH/c1-21(2)18-4-3-5-19(21)11-15(10-18)12-20(22,16-6-8-23-13-16)17-7-9-24-14-17;/h6-9,13-15,18-19,22H,3-5,10-12H2,1-2H3;1H/q+1;/p-1. The van der Waals surface area contributed by atoms with Crippen molar-refractivity contribution in [1.29, 1.82) is 0 Å². The predicted octanol–water partition coefficient (Wildman–Crippen LogP) is 1.85. The zero-order valence-corrected chi connectivity index (χ0v) is 18.2. The molecule has 0 aromatic carbocycles. The Bertz CT molecular complexity index is 618. The van der Waals surface area contributed by atoms with E-state index in [1.807, 2.05) is 0 Å². The van der Waals surface area contributed by atoms with E-state index in [1.165, 1.54) is 36.6 Å². The van der Waals surface area contributed by atoms with Gasteiger partial charge in [0, 0.05) is 12.8 Å². The number of thiophene rings is 2. The lowest BCUT2D eigenvalue weighted by Crippen LogP contribution is -3.00. The van der Waals surface area contributed by atoms with Crippen LogP contribution in [0.2, 0.25) is 0 Å². The number of hydrogen-bond donors (Lipinski definition) is 1. The van der Waals surface area contributed by atoms with E-state index in [-0.39, 0.29) is 17.0 Å². The lowest BCUT2D eigenvalue weighted by Gasteiger charge is -2.54. The average molecular weight is 442 g/mol. The Hall–Kier alpha value is -0.200. The smallest absolute Gasteiger partial charge is 0.116 e. The van der Waals surface area contributed by atoms with Gasteiger partial charge >= 0.3 is 0 Å². The second kappa shape index (κ2) is 7.43. The fraction of sp³-hybridized carbons (Fsp3) is 0.600. The molecule has 2 aromatic rings. The van der Waals surface area contributed by atoms with Crippen molar-refractivity contribution in [1.82, 2.24) is 0 Å². The first-order chi connectivity index (χ1) is 11.5. The van der Waals surface area contributed by atoms with E-state index < -0.39 is 5.60 Å². The number of piperidine rings is 2. The molecule has 2 aliphatic rings. The third-order valence-electron chi connectivity index (χ3n) is 6.75. The van der Waals surface area contributed by atoms with Gasteiger partial charge in [-0.25, -0.2) is 0 Å². The summed E-state index contributed by atoms with van der Waals surface area (Å²) in [6.45, 7) is 0. The summed E-state index contributed by atoms with van der Waals surface area (Å²) in [7, 11) is 4.85. The molecular weight excluding hydrogens is 414 g/mol. The molecule has 2 atom stereocenters. The Morgan fingerprint density at radius 3 is 2.00 bits per heavy atom. The lowest BCUT2D eigenvalue weighted by atomic mass is 9.71. The minimum absolute atomic E-state index is 0. The Morgan fingerprint density at radius 2 is 1.56 bits per heavy atom. The van der Waals surface area contributed by atoms with Crippen molar-refractivity contribution in [3.05, 3.63) is 44.8 Å². The Morgan fingerprint density at radius 1 is 1.04 bits per heavy atom. The van der Waals surface area contributed by atoms with E-state index in [4.69, 9.17) is 0 Å². The van der Waals surface area contributed by atoms with Crippen LogP contribution >= 0.6 is 22.7 Å². The van der Waals surface area contributed by atoms with E-state index >= 15 is 0 Å². The lowest BCUT2D eigenvalue weighted by molar-refractivity contribution is -0.950. The van der Waals surface area contributed by atoms with Crippen LogP contribution in [0, 0.1) is 5.92 Å². The number of nitrogens with zero attached hydrogens (tertiary/aromatic N) is 1. The molecule has 1 N–H and O–H groups in total. The van der Waals surface area contributed by atoms with Gasteiger partial charge in [-0.2, -0.15) is 22.7 Å². The van der Waals surface area contributed by atoms with E-state index in [0.717, 1.165) is 29.6 Å². The topological polar surface area (TPSA) is 20.2 Å². The van der Waals surface area contributed by atoms with Crippen molar-refractivity contribution in [3.8, 4) is 0 Å². The normalized spacial score (nSPS) is 28.4. The summed E-state index contributed by atoms with van der Waals surface area (Å²) < 4.78 is 1.20. The van der Waals surface area contributed by atoms with Gasteiger partial charge in [-0.3, -0.25) is 0 Å². The number of halogens is 1. The number of quaternary nitrogens is 1. The van der Waals surface area contributed by atoms with Gasteiger partial charge in [0.1, 0.15) is 5.60 Å². The van der Waals surface area contributed by atoms with E-state index in [2.05, 4.69) is 47.7 Å². The Kier molecular flexibility index (Phi) is 5.81. The van der Waals surface area contributed by atoms with Gasteiger partial charge in [0.2, 0.25) is 0 Å². The molecule has 2 aromatic heterocycles. The van der Waals surface area contributed by atoms with Crippen LogP contribution in [0.5, 0.6) is 0 Å². The molecule has 2 saturated heterocycles. The third-order valence-corrected chi connectivity index (χ3v) is 8.12. The molecule has 0 spiro atoms. The van der Waals surface area contributed by atoms with Crippen LogP contribution in [0.4, 0.5) is 0 Å². The molecule has 4 rings (SSSR count). The second-order valence-corrected chi connectivity index (χ2v) is 9.85. The highest BCUT2D eigenvalue weighted by atomic mass is 79.9. The highest BCUT2D eigenvalue weighted by molar-refractivity contribution is 7.08. The molecule has 25 heavy (non-hydrogen) atoms. The Balaban J connectivity index is 0.00000182. The van der Waals surface area contributed by atoms with Gasteiger partial charge in [0.15, 0.2) is 0 Å². The molecule has 2 aliphatic heterocycles. The van der Waals surface area contributed by atoms with Crippen molar-refractivity contribution in [2.75, 3.05) is 14.1 Å². The number of hydrogen-bond acceptors (Lipinski definition) is 3. The molecule has 4 heterocycles. The third kappa shape index (κ3) is 3.51. The van der Waals surface area contributed by atoms with Crippen LogP contribution in [-0.4, -0.2) is 35.8 Å². The van der Waals surface area contributed by atoms with Crippen LogP contribution in [0.15, 0.2) is 33.7 Å². The minimum atomic E-state index is -0.812. The van der Waals surface area contributed by atoms with Crippen LogP contribution in [0.25, 0.3) is 0 Å². The van der Waals surface area contributed by atoms with Gasteiger partial charge in [-0.05, 0) is 76.4 Å². The van der Waals surface area contributed by atoms with Crippen LogP contribution in [0.3, 0.4) is 0 Å². The quantitative estimate of drug-likeness (QED) is 0.717. The molecule has 2 nitrogen and oxygen atoms in total. The average Bonchev–Trinajstić information content (AvgIpc) is 3.22. The number of aliphatic hydroxyl groups is 1. The van der Waals surface area contributed by atoms with Gasteiger partial charge in [0.05, 0.1) is 26.2 Å². The first-order valence-corrected chi connectivity index (χ1v) is 11.0. The second-order valence-electron chi connectivity index (χ2n) is 8.29. The summed E-state index contributed by atoms with van der Waals surface area (Å²) >= 11 is 3.37. The van der Waals surface area contributed by atoms with E-state index in [0.29, 0.717) is 5.92 Å². The van der Waals surface area contributed by atoms with Crippen LogP contribution < -0.4 is 17.0 Å². The maximum atomic E-state index is 11.7. The fourth-order valence-electron chi connectivity index (χ4n) is 5.18. The number of fused-ring (bicyclic) bond motifs is 2. The fourth-order valence-corrected chi connectivity index (χ4v) is 6.63. The summed E-state index contributed by atoms with van der Waals surface area (Å²) in [5.74, 6) is 0.622. The first kappa shape index (κ1) is 19.6. The summed E-state index contributed by atoms with van der Waals surface area (Å²) in [6, 6.07) is 5.76. The van der Waals surface area contributed by atoms with Crippen molar-refractivity contribution in [3.63, 3.8) is 0 Å². The zero-order valence-electron chi connectivity index (χ0n) is 15.0. The largest absolute Gasteiger partial charge is 1.00 e. The highest BCUT2D eigenvalue weighted by Crippen LogP contribution is 2.46. The van der Waals surface area contributed by atoms with Gasteiger partial charge in [0.25, 0.3) is 0 Å². The maximum absolute atomic E-state index is 11.7. The van der Waals surface area contributed by atoms with Crippen molar-refractivity contribution in [2.24, 2.45) is 5.92 Å². The van der Waals surface area contributed by atoms with Crippen molar-refractivity contribution < 1.29 is 26.6 Å². The summed E-state index contributed by atoms with van der Waals surface area (Å²) in [4.78, 5) is 0. The van der Waals surface area contributed by atoms with E-state index in [1.54, 1.807) is 22.7 Å². The van der Waals surface area contributed by atoms with Gasteiger partial charge in [-0.15, -0.1) is 0 Å². The highest BCUT2D eigenvalue weighted by Gasteiger charge is 2.48. The van der Waals surface area contributed by atoms with E-state index in [9.17, 15) is 5.11 Å². The van der Waals surface area contributed by atoms with Crippen molar-refractivity contribution in [2.45, 2.75) is 56.2 Å². The molecule has 0 aliphatic carbocycles. The summed E-state index contributed by atoms with van der Waals surface area (Å²) in [6.07, 6.45) is 7.50. The van der Waals surface area contributed by atoms with Crippen LogP contribution in [0.1, 0.15) is 49.7 Å². The van der Waals surface area contributed by atoms with Gasteiger partial charge < -0.3 is 26.6 Å². The van der Waals surface area contributed by atoms with Gasteiger partial charge in [-0.1, -0.05) is 0 Å². The molecule has 0 saturated carbocycles. The molecule has 0 amide bonds. The SMILES string of the molecule is C[N+]1(C)C2CCCC1CC(CC(O)(c1ccsc1)c1ccsc1)C2.[Br-]. The first-order valence-electron chi connectivity index (χ1n) is 9.11. The Labute approximate surface area is 169 Å². The molecule has 5 heteroatoms. The minimum Gasteiger partial charge on any atom is -1.00 e. The monoisotopic (exact) mass is 441 g/mol. The molecular formula is C20H28BrNOS2. The maximum Gasteiger partial charge on any atom is 0.116 e.